The van der Waals surface area contributed by atoms with Gasteiger partial charge < -0.3 is 19.3 Å². The summed E-state index contributed by atoms with van der Waals surface area (Å²) in [6, 6.07) is 7.87. The van der Waals surface area contributed by atoms with Gasteiger partial charge in [0, 0.05) is 31.9 Å². The van der Waals surface area contributed by atoms with Crippen LogP contribution in [-0.4, -0.2) is 55.9 Å². The summed E-state index contributed by atoms with van der Waals surface area (Å²) in [6.45, 7) is 8.32. The zero-order valence-electron chi connectivity index (χ0n) is 14.9. The van der Waals surface area contributed by atoms with E-state index in [2.05, 4.69) is 4.90 Å². The molecular weight excluding hydrogens is 308 g/mol. The van der Waals surface area contributed by atoms with Gasteiger partial charge in [0.05, 0.1) is 13.5 Å². The lowest BCUT2D eigenvalue weighted by molar-refractivity contribution is -0.139. The largest absolute Gasteiger partial charge is 0.469 e. The second-order valence-corrected chi connectivity index (χ2v) is 6.88. The number of amides is 1. The fourth-order valence-corrected chi connectivity index (χ4v) is 2.58. The van der Waals surface area contributed by atoms with Crippen molar-refractivity contribution in [1.29, 1.82) is 0 Å². The second kappa shape index (κ2) is 7.55. The number of methoxy groups -OCH3 is 1. The standard InChI is InChI=1S/C18H26N2O4/c1-18(2,3)24-17(22)20-10-8-19(9-11-20)15-7-5-6-14(12-15)13-16(21)23-4/h5-7,12H,8-11,13H2,1-4H3. The van der Waals surface area contributed by atoms with Crippen molar-refractivity contribution in [3.05, 3.63) is 29.8 Å². The minimum Gasteiger partial charge on any atom is -0.469 e. The van der Waals surface area contributed by atoms with Crippen molar-refractivity contribution in [3.8, 4) is 0 Å². The molecule has 1 fully saturated rings. The molecule has 0 saturated carbocycles. The molecule has 1 heterocycles. The maximum atomic E-state index is 12.1. The second-order valence-electron chi connectivity index (χ2n) is 6.88. The number of anilines is 1. The molecule has 2 rings (SSSR count). The molecule has 0 spiro atoms. The van der Waals surface area contributed by atoms with Crippen molar-refractivity contribution in [2.75, 3.05) is 38.2 Å². The molecule has 0 N–H and O–H groups in total. The highest BCUT2D eigenvalue weighted by Gasteiger charge is 2.26. The third-order valence-electron chi connectivity index (χ3n) is 3.78. The lowest BCUT2D eigenvalue weighted by atomic mass is 10.1. The number of ether oxygens (including phenoxy) is 2. The first-order valence-corrected chi connectivity index (χ1v) is 8.17. The van der Waals surface area contributed by atoms with E-state index in [1.807, 2.05) is 45.0 Å². The predicted octanol–water partition coefficient (Wildman–Crippen LogP) is 2.46. The Labute approximate surface area is 143 Å². The van der Waals surface area contributed by atoms with Gasteiger partial charge in [-0.05, 0) is 38.5 Å². The van der Waals surface area contributed by atoms with Crippen LogP contribution in [0.4, 0.5) is 10.5 Å². The molecule has 132 valence electrons. The number of carbonyl (C=O) groups is 2. The Balaban J connectivity index is 1.93. The summed E-state index contributed by atoms with van der Waals surface area (Å²) in [5.41, 5.74) is 1.50. The number of hydrogen-bond donors (Lipinski definition) is 0. The van der Waals surface area contributed by atoms with Crippen molar-refractivity contribution >= 4 is 17.7 Å². The molecule has 0 unspecified atom stereocenters. The third-order valence-corrected chi connectivity index (χ3v) is 3.78. The summed E-state index contributed by atoms with van der Waals surface area (Å²) in [6.07, 6.45) is 0.00367. The average molecular weight is 334 g/mol. The van der Waals surface area contributed by atoms with Gasteiger partial charge in [0.2, 0.25) is 0 Å². The van der Waals surface area contributed by atoms with Gasteiger partial charge in [-0.15, -0.1) is 0 Å². The SMILES string of the molecule is COC(=O)Cc1cccc(N2CCN(C(=O)OC(C)(C)C)CC2)c1. The van der Waals surface area contributed by atoms with Crippen LogP contribution >= 0.6 is 0 Å². The van der Waals surface area contributed by atoms with Gasteiger partial charge in [-0.25, -0.2) is 4.79 Å². The summed E-state index contributed by atoms with van der Waals surface area (Å²) >= 11 is 0. The molecule has 6 nitrogen and oxygen atoms in total. The van der Waals surface area contributed by atoms with E-state index in [1.54, 1.807) is 4.90 Å². The molecule has 1 aliphatic rings. The van der Waals surface area contributed by atoms with Crippen LogP contribution in [0.15, 0.2) is 24.3 Å². The highest BCUT2D eigenvalue weighted by molar-refractivity contribution is 5.73. The lowest BCUT2D eigenvalue weighted by Crippen LogP contribution is -2.50. The Morgan fingerprint density at radius 3 is 2.38 bits per heavy atom. The Morgan fingerprint density at radius 1 is 1.12 bits per heavy atom. The van der Waals surface area contributed by atoms with Gasteiger partial charge in [-0.3, -0.25) is 4.79 Å². The van der Waals surface area contributed by atoms with E-state index in [0.717, 1.165) is 24.3 Å². The highest BCUT2D eigenvalue weighted by atomic mass is 16.6. The average Bonchev–Trinajstić information content (AvgIpc) is 2.53. The van der Waals surface area contributed by atoms with Crippen molar-refractivity contribution in [1.82, 2.24) is 4.90 Å². The first-order valence-electron chi connectivity index (χ1n) is 8.17. The van der Waals surface area contributed by atoms with Crippen molar-refractivity contribution in [2.24, 2.45) is 0 Å². The monoisotopic (exact) mass is 334 g/mol. The number of rotatable bonds is 3. The third kappa shape index (κ3) is 5.15. The fraction of sp³-hybridized carbons (Fsp3) is 0.556. The minimum absolute atomic E-state index is 0.248. The summed E-state index contributed by atoms with van der Waals surface area (Å²) in [4.78, 5) is 27.5. The molecule has 24 heavy (non-hydrogen) atoms. The first-order chi connectivity index (χ1) is 11.3. The normalized spacial score (nSPS) is 15.2. The molecule has 1 aromatic rings. The van der Waals surface area contributed by atoms with Gasteiger partial charge in [-0.1, -0.05) is 12.1 Å². The van der Waals surface area contributed by atoms with E-state index < -0.39 is 5.60 Å². The van der Waals surface area contributed by atoms with E-state index in [9.17, 15) is 9.59 Å². The van der Waals surface area contributed by atoms with Crippen LogP contribution in [0.3, 0.4) is 0 Å². The number of benzene rings is 1. The fourth-order valence-electron chi connectivity index (χ4n) is 2.58. The van der Waals surface area contributed by atoms with Crippen LogP contribution < -0.4 is 4.90 Å². The van der Waals surface area contributed by atoms with Gasteiger partial charge in [0.1, 0.15) is 5.60 Å². The Bertz CT molecular complexity index is 587. The predicted molar refractivity (Wildman–Crippen MR) is 92.2 cm³/mol. The van der Waals surface area contributed by atoms with Gasteiger partial charge in [-0.2, -0.15) is 0 Å². The molecule has 0 atom stereocenters. The molecule has 6 heteroatoms. The molecule has 1 saturated heterocycles. The van der Waals surface area contributed by atoms with E-state index in [-0.39, 0.29) is 18.5 Å². The molecule has 0 aromatic heterocycles. The Hall–Kier alpha value is -2.24. The van der Waals surface area contributed by atoms with E-state index in [0.29, 0.717) is 13.1 Å². The summed E-state index contributed by atoms with van der Waals surface area (Å²) < 4.78 is 10.1. The van der Waals surface area contributed by atoms with E-state index in [4.69, 9.17) is 9.47 Å². The van der Waals surface area contributed by atoms with Gasteiger partial charge >= 0.3 is 12.1 Å². The molecule has 1 amide bonds. The summed E-state index contributed by atoms with van der Waals surface area (Å²) in [5.74, 6) is -0.248. The molecule has 0 radical (unpaired) electrons. The smallest absolute Gasteiger partial charge is 0.410 e. The van der Waals surface area contributed by atoms with Crippen molar-refractivity contribution in [3.63, 3.8) is 0 Å². The minimum atomic E-state index is -0.476. The molecule has 1 aliphatic heterocycles. The van der Waals surface area contributed by atoms with E-state index in [1.165, 1.54) is 7.11 Å². The number of nitrogens with zero attached hydrogens (tertiary/aromatic N) is 2. The number of hydrogen-bond acceptors (Lipinski definition) is 5. The number of carbonyl (C=O) groups excluding carboxylic acids is 2. The maximum absolute atomic E-state index is 12.1. The molecule has 1 aromatic carbocycles. The van der Waals surface area contributed by atoms with Crippen LogP contribution in [0.1, 0.15) is 26.3 Å². The first kappa shape index (κ1) is 18.1. The lowest BCUT2D eigenvalue weighted by Gasteiger charge is -2.36. The van der Waals surface area contributed by atoms with Crippen molar-refractivity contribution in [2.45, 2.75) is 32.8 Å². The zero-order chi connectivity index (χ0) is 17.7. The molecule has 0 bridgehead atoms. The van der Waals surface area contributed by atoms with Crippen molar-refractivity contribution < 1.29 is 19.1 Å². The van der Waals surface area contributed by atoms with Crippen LogP contribution in [0.2, 0.25) is 0 Å². The Kier molecular flexibility index (Phi) is 5.70. The summed E-state index contributed by atoms with van der Waals surface area (Å²) in [7, 11) is 1.39. The Morgan fingerprint density at radius 2 is 1.79 bits per heavy atom. The topological polar surface area (TPSA) is 59.1 Å². The molecule has 0 aliphatic carbocycles. The number of piperazine rings is 1. The number of esters is 1. The van der Waals surface area contributed by atoms with E-state index >= 15 is 0 Å². The molecular formula is C18H26N2O4. The quantitative estimate of drug-likeness (QED) is 0.795. The van der Waals surface area contributed by atoms with Crippen LogP contribution in [0, 0.1) is 0 Å². The van der Waals surface area contributed by atoms with Crippen LogP contribution in [0.5, 0.6) is 0 Å². The van der Waals surface area contributed by atoms with Gasteiger partial charge in [0.15, 0.2) is 0 Å². The zero-order valence-corrected chi connectivity index (χ0v) is 14.9. The maximum Gasteiger partial charge on any atom is 0.410 e. The van der Waals surface area contributed by atoms with Crippen LogP contribution in [-0.2, 0) is 20.7 Å². The summed E-state index contributed by atoms with van der Waals surface area (Å²) in [5, 5.41) is 0. The highest BCUT2D eigenvalue weighted by Crippen LogP contribution is 2.20. The van der Waals surface area contributed by atoms with Gasteiger partial charge in [0.25, 0.3) is 0 Å². The van der Waals surface area contributed by atoms with Crippen LogP contribution in [0.25, 0.3) is 0 Å².